The van der Waals surface area contributed by atoms with Crippen molar-refractivity contribution in [1.82, 2.24) is 9.55 Å². The van der Waals surface area contributed by atoms with Crippen LogP contribution in [0.5, 0.6) is 0 Å². The molecule has 0 bridgehead atoms. The summed E-state index contributed by atoms with van der Waals surface area (Å²) < 4.78 is 6.71. The molecule has 1 heterocycles. The number of benzene rings is 2. The Hall–Kier alpha value is -3.15. The van der Waals surface area contributed by atoms with E-state index in [9.17, 15) is 9.59 Å². The molecule has 2 aromatic carbocycles. The minimum atomic E-state index is -0.375. The number of amides is 1. The molecular formula is C18H17N3O3. The van der Waals surface area contributed by atoms with Crippen molar-refractivity contribution in [1.29, 1.82) is 0 Å². The van der Waals surface area contributed by atoms with Crippen LogP contribution in [-0.2, 0) is 16.1 Å². The van der Waals surface area contributed by atoms with Crippen molar-refractivity contribution in [3.05, 3.63) is 60.4 Å². The summed E-state index contributed by atoms with van der Waals surface area (Å²) in [5.41, 5.74) is 2.84. The molecule has 0 unspecified atom stereocenters. The molecule has 6 heteroatoms. The molecule has 1 aromatic heterocycles. The number of aromatic nitrogens is 2. The summed E-state index contributed by atoms with van der Waals surface area (Å²) in [7, 11) is 0. The topological polar surface area (TPSA) is 73.2 Å². The molecule has 3 aromatic rings. The second-order valence-corrected chi connectivity index (χ2v) is 5.21. The van der Waals surface area contributed by atoms with Crippen LogP contribution < -0.4 is 5.32 Å². The molecule has 0 saturated heterocycles. The highest BCUT2D eigenvalue weighted by atomic mass is 16.5. The quantitative estimate of drug-likeness (QED) is 0.733. The molecule has 0 aliphatic carbocycles. The summed E-state index contributed by atoms with van der Waals surface area (Å²) >= 11 is 0. The number of imidazole rings is 1. The fourth-order valence-electron chi connectivity index (χ4n) is 2.40. The normalized spacial score (nSPS) is 10.5. The van der Waals surface area contributed by atoms with Gasteiger partial charge in [-0.05, 0) is 43.3 Å². The van der Waals surface area contributed by atoms with Crippen molar-refractivity contribution in [2.24, 2.45) is 0 Å². The van der Waals surface area contributed by atoms with Gasteiger partial charge in [-0.3, -0.25) is 4.79 Å². The van der Waals surface area contributed by atoms with Crippen molar-refractivity contribution in [2.75, 3.05) is 11.9 Å². The minimum Gasteiger partial charge on any atom is -0.462 e. The smallest absolute Gasteiger partial charge is 0.338 e. The van der Waals surface area contributed by atoms with Crippen LogP contribution in [0, 0.1) is 0 Å². The van der Waals surface area contributed by atoms with Gasteiger partial charge in [0.2, 0.25) is 5.91 Å². The first-order valence-electron chi connectivity index (χ1n) is 7.64. The first-order chi connectivity index (χ1) is 11.7. The van der Waals surface area contributed by atoms with Gasteiger partial charge in [-0.2, -0.15) is 0 Å². The molecule has 24 heavy (non-hydrogen) atoms. The standard InChI is InChI=1S/C18H17N3O3/c1-2-24-18(23)13-7-9-14(10-8-13)20-17(22)11-21-12-19-15-5-3-4-6-16(15)21/h3-10,12H,2,11H2,1H3,(H,20,22). The van der Waals surface area contributed by atoms with Gasteiger partial charge in [0.1, 0.15) is 6.54 Å². The summed E-state index contributed by atoms with van der Waals surface area (Å²) in [5.74, 6) is -0.540. The molecule has 0 spiro atoms. The second-order valence-electron chi connectivity index (χ2n) is 5.21. The van der Waals surface area contributed by atoms with E-state index < -0.39 is 0 Å². The number of ether oxygens (including phenoxy) is 1. The summed E-state index contributed by atoms with van der Waals surface area (Å²) in [6, 6.07) is 14.2. The number of rotatable bonds is 5. The third kappa shape index (κ3) is 3.43. The van der Waals surface area contributed by atoms with Gasteiger partial charge in [0.05, 0.1) is 29.5 Å². The van der Waals surface area contributed by atoms with E-state index in [4.69, 9.17) is 4.74 Å². The lowest BCUT2D eigenvalue weighted by Crippen LogP contribution is -2.18. The summed E-state index contributed by atoms with van der Waals surface area (Å²) in [6.45, 7) is 2.25. The molecular weight excluding hydrogens is 306 g/mol. The van der Waals surface area contributed by atoms with E-state index in [0.717, 1.165) is 11.0 Å². The van der Waals surface area contributed by atoms with Crippen molar-refractivity contribution in [3.63, 3.8) is 0 Å². The molecule has 0 saturated carbocycles. The number of para-hydroxylation sites is 2. The second kappa shape index (κ2) is 6.95. The highest BCUT2D eigenvalue weighted by Gasteiger charge is 2.09. The maximum atomic E-state index is 12.2. The third-order valence-electron chi connectivity index (χ3n) is 3.52. The van der Waals surface area contributed by atoms with Crippen LogP contribution in [0.2, 0.25) is 0 Å². The molecule has 0 aliphatic heterocycles. The number of carbonyl (C=O) groups is 2. The minimum absolute atomic E-state index is 0.165. The number of anilines is 1. The van der Waals surface area contributed by atoms with E-state index in [0.29, 0.717) is 17.9 Å². The first kappa shape index (κ1) is 15.7. The monoisotopic (exact) mass is 323 g/mol. The molecule has 3 rings (SSSR count). The number of nitrogens with one attached hydrogen (secondary N) is 1. The van der Waals surface area contributed by atoms with Gasteiger partial charge in [-0.25, -0.2) is 9.78 Å². The largest absolute Gasteiger partial charge is 0.462 e. The van der Waals surface area contributed by atoms with Crippen LogP contribution in [0.15, 0.2) is 54.9 Å². The van der Waals surface area contributed by atoms with Gasteiger partial charge in [0.25, 0.3) is 0 Å². The summed E-state index contributed by atoms with van der Waals surface area (Å²) in [5, 5.41) is 2.80. The van der Waals surface area contributed by atoms with Gasteiger partial charge in [-0.15, -0.1) is 0 Å². The fraction of sp³-hybridized carbons (Fsp3) is 0.167. The number of fused-ring (bicyclic) bond motifs is 1. The number of hydrogen-bond acceptors (Lipinski definition) is 4. The Kier molecular flexibility index (Phi) is 4.56. The van der Waals surface area contributed by atoms with Crippen LogP contribution in [-0.4, -0.2) is 28.0 Å². The Labute approximate surface area is 139 Å². The lowest BCUT2D eigenvalue weighted by molar-refractivity contribution is -0.116. The van der Waals surface area contributed by atoms with E-state index in [2.05, 4.69) is 10.3 Å². The SMILES string of the molecule is CCOC(=O)c1ccc(NC(=O)Cn2cnc3ccccc32)cc1. The lowest BCUT2D eigenvalue weighted by Gasteiger charge is -2.08. The molecule has 0 fully saturated rings. The van der Waals surface area contributed by atoms with E-state index >= 15 is 0 Å². The molecule has 0 atom stereocenters. The molecule has 1 amide bonds. The molecule has 0 radical (unpaired) electrons. The summed E-state index contributed by atoms with van der Waals surface area (Å²) in [4.78, 5) is 28.0. The van der Waals surface area contributed by atoms with Crippen molar-refractivity contribution in [2.45, 2.75) is 13.5 Å². The Morgan fingerprint density at radius 3 is 2.62 bits per heavy atom. The van der Waals surface area contributed by atoms with E-state index in [-0.39, 0.29) is 18.4 Å². The maximum absolute atomic E-state index is 12.2. The highest BCUT2D eigenvalue weighted by molar-refractivity contribution is 5.93. The highest BCUT2D eigenvalue weighted by Crippen LogP contribution is 2.13. The van der Waals surface area contributed by atoms with Gasteiger partial charge in [-0.1, -0.05) is 12.1 Å². The average molecular weight is 323 g/mol. The van der Waals surface area contributed by atoms with Crippen LogP contribution in [0.3, 0.4) is 0 Å². The van der Waals surface area contributed by atoms with E-state index in [1.165, 1.54) is 0 Å². The van der Waals surface area contributed by atoms with E-state index in [1.807, 2.05) is 24.3 Å². The predicted octanol–water partition coefficient (Wildman–Crippen LogP) is 2.85. The number of esters is 1. The van der Waals surface area contributed by atoms with Gasteiger partial charge >= 0.3 is 5.97 Å². The zero-order chi connectivity index (χ0) is 16.9. The fourth-order valence-corrected chi connectivity index (χ4v) is 2.40. The molecule has 122 valence electrons. The molecule has 0 aliphatic rings. The van der Waals surface area contributed by atoms with Crippen LogP contribution in [0.4, 0.5) is 5.69 Å². The van der Waals surface area contributed by atoms with Crippen molar-refractivity contribution >= 4 is 28.6 Å². The van der Waals surface area contributed by atoms with Crippen LogP contribution >= 0.6 is 0 Å². The molecule has 1 N–H and O–H groups in total. The summed E-state index contributed by atoms with van der Waals surface area (Å²) in [6.07, 6.45) is 1.65. The van der Waals surface area contributed by atoms with Gasteiger partial charge < -0.3 is 14.6 Å². The van der Waals surface area contributed by atoms with Crippen molar-refractivity contribution < 1.29 is 14.3 Å². The Balaban J connectivity index is 1.65. The van der Waals surface area contributed by atoms with Crippen LogP contribution in [0.25, 0.3) is 11.0 Å². The first-order valence-corrected chi connectivity index (χ1v) is 7.64. The Morgan fingerprint density at radius 1 is 1.12 bits per heavy atom. The Bertz CT molecular complexity index is 869. The zero-order valence-electron chi connectivity index (χ0n) is 13.2. The number of nitrogens with zero attached hydrogens (tertiary/aromatic N) is 2. The molecule has 6 nitrogen and oxygen atoms in total. The average Bonchev–Trinajstić information content (AvgIpc) is 2.99. The number of carbonyl (C=O) groups excluding carboxylic acids is 2. The van der Waals surface area contributed by atoms with Crippen LogP contribution in [0.1, 0.15) is 17.3 Å². The van der Waals surface area contributed by atoms with E-state index in [1.54, 1.807) is 42.1 Å². The maximum Gasteiger partial charge on any atom is 0.338 e. The number of hydrogen-bond donors (Lipinski definition) is 1. The Morgan fingerprint density at radius 2 is 1.88 bits per heavy atom. The van der Waals surface area contributed by atoms with Gasteiger partial charge in [0, 0.05) is 5.69 Å². The van der Waals surface area contributed by atoms with Crippen molar-refractivity contribution in [3.8, 4) is 0 Å². The van der Waals surface area contributed by atoms with Gasteiger partial charge in [0.15, 0.2) is 0 Å². The lowest BCUT2D eigenvalue weighted by atomic mass is 10.2. The third-order valence-corrected chi connectivity index (χ3v) is 3.52. The zero-order valence-corrected chi connectivity index (χ0v) is 13.2. The predicted molar refractivity (Wildman–Crippen MR) is 90.8 cm³/mol.